The van der Waals surface area contributed by atoms with Gasteiger partial charge in [-0.2, -0.15) is 0 Å². The molecule has 1 N–H and O–H groups in total. The lowest BCUT2D eigenvalue weighted by Crippen LogP contribution is -2.15. The largest absolute Gasteiger partial charge is 0.313 e. The molecule has 3 heteroatoms. The minimum atomic E-state index is -0.519. The van der Waals surface area contributed by atoms with E-state index in [4.69, 9.17) is 0 Å². The van der Waals surface area contributed by atoms with Gasteiger partial charge in [0.05, 0.1) is 0 Å². The van der Waals surface area contributed by atoms with Crippen LogP contribution in [0.25, 0.3) is 0 Å². The van der Waals surface area contributed by atoms with E-state index in [2.05, 4.69) is 5.32 Å². The van der Waals surface area contributed by atoms with E-state index >= 15 is 0 Å². The third-order valence-corrected chi connectivity index (χ3v) is 2.99. The van der Waals surface area contributed by atoms with Gasteiger partial charge < -0.3 is 5.32 Å². The first kappa shape index (κ1) is 11.5. The van der Waals surface area contributed by atoms with Crippen molar-refractivity contribution in [2.24, 2.45) is 5.92 Å². The van der Waals surface area contributed by atoms with Crippen molar-refractivity contribution in [2.45, 2.75) is 32.2 Å². The molecule has 1 nitrogen and oxygen atoms in total. The first-order chi connectivity index (χ1) is 7.75. The van der Waals surface area contributed by atoms with E-state index in [0.717, 1.165) is 24.9 Å². The normalized spacial score (nSPS) is 15.4. The number of hydrogen-bond acceptors (Lipinski definition) is 1. The molecule has 0 saturated heterocycles. The zero-order chi connectivity index (χ0) is 11.4. The molecule has 1 aliphatic carbocycles. The smallest absolute Gasteiger partial charge is 0.130 e. The molecule has 1 aliphatic rings. The Hall–Kier alpha value is -0.960. The van der Waals surface area contributed by atoms with Gasteiger partial charge >= 0.3 is 0 Å². The van der Waals surface area contributed by atoms with Gasteiger partial charge in [0.1, 0.15) is 11.6 Å². The summed E-state index contributed by atoms with van der Waals surface area (Å²) >= 11 is 0. The molecular formula is C13H17F2N. The molecule has 88 valence electrons. The molecule has 0 heterocycles. The number of nitrogens with one attached hydrogen (secondary N) is 1. The Bertz CT molecular complexity index is 348. The molecule has 1 aromatic rings. The number of hydrogen-bond donors (Lipinski definition) is 1. The van der Waals surface area contributed by atoms with Crippen LogP contribution in [0.1, 0.15) is 31.2 Å². The van der Waals surface area contributed by atoms with E-state index < -0.39 is 11.6 Å². The van der Waals surface area contributed by atoms with E-state index in [0.29, 0.717) is 12.1 Å². The van der Waals surface area contributed by atoms with Crippen LogP contribution in [0.15, 0.2) is 18.2 Å². The van der Waals surface area contributed by atoms with E-state index in [1.165, 1.54) is 31.4 Å². The Labute approximate surface area is 94.9 Å². The highest BCUT2D eigenvalue weighted by Gasteiger charge is 2.19. The lowest BCUT2D eigenvalue weighted by Gasteiger charge is -2.05. The summed E-state index contributed by atoms with van der Waals surface area (Å²) in [6.07, 6.45) is 5.19. The van der Waals surface area contributed by atoms with Gasteiger partial charge in [0, 0.05) is 18.2 Å². The molecule has 1 aromatic carbocycles. The van der Waals surface area contributed by atoms with Crippen molar-refractivity contribution in [1.29, 1.82) is 0 Å². The zero-order valence-corrected chi connectivity index (χ0v) is 9.31. The molecule has 0 spiro atoms. The molecule has 1 fully saturated rings. The summed E-state index contributed by atoms with van der Waals surface area (Å²) in [7, 11) is 0. The summed E-state index contributed by atoms with van der Waals surface area (Å²) < 4.78 is 25.8. The Balaban J connectivity index is 1.67. The molecular weight excluding hydrogens is 208 g/mol. The average molecular weight is 225 g/mol. The lowest BCUT2D eigenvalue weighted by molar-refractivity contribution is 0.549. The van der Waals surface area contributed by atoms with Crippen LogP contribution in [-0.2, 0) is 6.54 Å². The highest BCUT2D eigenvalue weighted by Crippen LogP contribution is 2.33. The molecule has 0 amide bonds. The Morgan fingerprint density at radius 2 is 2.06 bits per heavy atom. The molecule has 0 aromatic heterocycles. The quantitative estimate of drug-likeness (QED) is 0.733. The van der Waals surface area contributed by atoms with Gasteiger partial charge in [0.25, 0.3) is 0 Å². The Morgan fingerprint density at radius 1 is 1.25 bits per heavy atom. The first-order valence-corrected chi connectivity index (χ1v) is 5.90. The van der Waals surface area contributed by atoms with Crippen molar-refractivity contribution in [3.05, 3.63) is 35.4 Å². The number of benzene rings is 1. The third kappa shape index (κ3) is 3.56. The molecule has 16 heavy (non-hydrogen) atoms. The predicted molar refractivity (Wildman–Crippen MR) is 60.0 cm³/mol. The molecule has 0 atom stereocenters. The highest BCUT2D eigenvalue weighted by molar-refractivity contribution is 5.18. The minimum absolute atomic E-state index is 0.463. The summed E-state index contributed by atoms with van der Waals surface area (Å²) in [6, 6.07) is 3.73. The van der Waals surface area contributed by atoms with E-state index in [1.54, 1.807) is 0 Å². The van der Waals surface area contributed by atoms with Crippen LogP contribution >= 0.6 is 0 Å². The van der Waals surface area contributed by atoms with Gasteiger partial charge in [-0.25, -0.2) is 8.78 Å². The Morgan fingerprint density at radius 3 is 2.75 bits per heavy atom. The fourth-order valence-electron chi connectivity index (χ4n) is 1.81. The second-order valence-electron chi connectivity index (χ2n) is 4.50. The van der Waals surface area contributed by atoms with Gasteiger partial charge in [-0.05, 0) is 31.4 Å². The van der Waals surface area contributed by atoms with Crippen molar-refractivity contribution in [3.63, 3.8) is 0 Å². The van der Waals surface area contributed by atoms with Crippen molar-refractivity contribution >= 4 is 0 Å². The Kier molecular flexibility index (Phi) is 3.88. The standard InChI is InChI=1S/C13H17F2N/c14-12-6-5-11(13(15)8-12)9-16-7-1-2-10-3-4-10/h5-6,8,10,16H,1-4,7,9H2. The molecule has 0 aliphatic heterocycles. The first-order valence-electron chi connectivity index (χ1n) is 5.90. The van der Waals surface area contributed by atoms with Crippen LogP contribution in [0.2, 0.25) is 0 Å². The van der Waals surface area contributed by atoms with Gasteiger partial charge in [-0.15, -0.1) is 0 Å². The van der Waals surface area contributed by atoms with Gasteiger partial charge in [0.2, 0.25) is 0 Å². The fraction of sp³-hybridized carbons (Fsp3) is 0.538. The lowest BCUT2D eigenvalue weighted by atomic mass is 10.2. The predicted octanol–water partition coefficient (Wildman–Crippen LogP) is 3.24. The topological polar surface area (TPSA) is 12.0 Å². The maximum absolute atomic E-state index is 13.2. The van der Waals surface area contributed by atoms with Crippen LogP contribution in [0.5, 0.6) is 0 Å². The summed E-state index contributed by atoms with van der Waals surface area (Å²) in [5, 5.41) is 3.18. The summed E-state index contributed by atoms with van der Waals surface area (Å²) in [5.74, 6) is -0.0333. The maximum atomic E-state index is 13.2. The molecule has 0 unspecified atom stereocenters. The second kappa shape index (κ2) is 5.39. The summed E-state index contributed by atoms with van der Waals surface area (Å²) in [5.41, 5.74) is 0.535. The third-order valence-electron chi connectivity index (χ3n) is 2.99. The van der Waals surface area contributed by atoms with Crippen LogP contribution in [0.4, 0.5) is 8.78 Å². The molecule has 0 radical (unpaired) electrons. The van der Waals surface area contributed by atoms with E-state index in [9.17, 15) is 8.78 Å². The molecule has 1 saturated carbocycles. The zero-order valence-electron chi connectivity index (χ0n) is 9.31. The second-order valence-corrected chi connectivity index (χ2v) is 4.50. The monoisotopic (exact) mass is 225 g/mol. The van der Waals surface area contributed by atoms with Crippen LogP contribution in [-0.4, -0.2) is 6.54 Å². The minimum Gasteiger partial charge on any atom is -0.313 e. The van der Waals surface area contributed by atoms with Crippen molar-refractivity contribution in [1.82, 2.24) is 5.32 Å². The van der Waals surface area contributed by atoms with Crippen LogP contribution in [0.3, 0.4) is 0 Å². The SMILES string of the molecule is Fc1ccc(CNCCCC2CC2)c(F)c1. The number of rotatable bonds is 6. The molecule has 0 bridgehead atoms. The van der Waals surface area contributed by atoms with Crippen LogP contribution < -0.4 is 5.32 Å². The number of halogens is 2. The van der Waals surface area contributed by atoms with Crippen LogP contribution in [0, 0.1) is 17.6 Å². The van der Waals surface area contributed by atoms with Gasteiger partial charge in [-0.1, -0.05) is 18.9 Å². The fourth-order valence-corrected chi connectivity index (χ4v) is 1.81. The van der Waals surface area contributed by atoms with Crippen molar-refractivity contribution in [2.75, 3.05) is 6.54 Å². The van der Waals surface area contributed by atoms with Crippen molar-refractivity contribution < 1.29 is 8.78 Å². The highest BCUT2D eigenvalue weighted by atomic mass is 19.1. The maximum Gasteiger partial charge on any atom is 0.130 e. The summed E-state index contributed by atoms with van der Waals surface area (Å²) in [6.45, 7) is 1.39. The van der Waals surface area contributed by atoms with Gasteiger partial charge in [0.15, 0.2) is 0 Å². The van der Waals surface area contributed by atoms with E-state index in [1.807, 2.05) is 0 Å². The van der Waals surface area contributed by atoms with Crippen molar-refractivity contribution in [3.8, 4) is 0 Å². The van der Waals surface area contributed by atoms with Gasteiger partial charge in [-0.3, -0.25) is 0 Å². The summed E-state index contributed by atoms with van der Waals surface area (Å²) in [4.78, 5) is 0. The van der Waals surface area contributed by atoms with E-state index in [-0.39, 0.29) is 0 Å². The average Bonchev–Trinajstić information content (AvgIpc) is 3.04. The molecule has 2 rings (SSSR count).